The molecule has 0 radical (unpaired) electrons. The predicted molar refractivity (Wildman–Crippen MR) is 134 cm³/mol. The summed E-state index contributed by atoms with van der Waals surface area (Å²) in [5.74, 6) is -6.32. The van der Waals surface area contributed by atoms with Crippen LogP contribution in [0.3, 0.4) is 0 Å². The normalized spacial score (nSPS) is 28.0. The van der Waals surface area contributed by atoms with Crippen LogP contribution in [0.25, 0.3) is 0 Å². The number of nitrogens with zero attached hydrogens (tertiary/aromatic N) is 2. The fraction of sp³-hybridized carbons (Fsp3) is 0.615. The van der Waals surface area contributed by atoms with Crippen LogP contribution >= 0.6 is 11.6 Å². The van der Waals surface area contributed by atoms with Gasteiger partial charge < -0.3 is 20.9 Å². The van der Waals surface area contributed by atoms with E-state index in [1.807, 2.05) is 6.07 Å². The standard InChI is InChI=1S/C26H32ClF2N5O3/c1-14-20(27)6-3-7-21(14)32-15(2)25(37)34-18-8-9-19(26(28,29)12-18)22(34)24(36)33-17(13-30)11-16-5-4-10-31-23(16)35/h3,6-7,15-19,22,32H,4-5,8-12H2,1-2H3,(H,31,35)(H,33,36)/t15-,16+,17-,18-,19-,22+/m0/s1. The summed E-state index contributed by atoms with van der Waals surface area (Å²) >= 11 is 6.19. The number of nitrogens with one attached hydrogen (secondary N) is 3. The number of carbonyl (C=O) groups excluding carboxylic acids is 3. The van der Waals surface area contributed by atoms with Gasteiger partial charge in [0.05, 0.1) is 12.0 Å². The summed E-state index contributed by atoms with van der Waals surface area (Å²) in [4.78, 5) is 40.5. The molecule has 37 heavy (non-hydrogen) atoms. The quantitative estimate of drug-likeness (QED) is 0.495. The van der Waals surface area contributed by atoms with Crippen molar-refractivity contribution in [1.82, 2.24) is 15.5 Å². The van der Waals surface area contributed by atoms with E-state index in [0.29, 0.717) is 30.1 Å². The zero-order chi connectivity index (χ0) is 26.9. The molecule has 8 nitrogen and oxygen atoms in total. The largest absolute Gasteiger partial charge is 0.374 e. The highest BCUT2D eigenvalue weighted by atomic mass is 35.5. The maximum atomic E-state index is 15.0. The lowest BCUT2D eigenvalue weighted by Gasteiger charge is -2.54. The number of alkyl halides is 2. The topological polar surface area (TPSA) is 114 Å². The summed E-state index contributed by atoms with van der Waals surface area (Å²) in [5.41, 5.74) is 1.38. The average Bonchev–Trinajstić information content (AvgIpc) is 2.86. The summed E-state index contributed by atoms with van der Waals surface area (Å²) in [5, 5.41) is 18.6. The summed E-state index contributed by atoms with van der Waals surface area (Å²) in [6.07, 6.45) is 1.42. The van der Waals surface area contributed by atoms with Crippen molar-refractivity contribution in [2.75, 3.05) is 11.9 Å². The van der Waals surface area contributed by atoms with Crippen LogP contribution in [0, 0.1) is 30.1 Å². The van der Waals surface area contributed by atoms with Gasteiger partial charge in [0.15, 0.2) is 0 Å². The molecule has 11 heteroatoms. The van der Waals surface area contributed by atoms with Crippen LogP contribution < -0.4 is 16.0 Å². The van der Waals surface area contributed by atoms with Crippen LogP contribution in [0.2, 0.25) is 5.02 Å². The molecule has 5 rings (SSSR count). The fourth-order valence-corrected chi connectivity index (χ4v) is 6.03. The van der Waals surface area contributed by atoms with Crippen LogP contribution in [0.5, 0.6) is 0 Å². The molecule has 3 N–H and O–H groups in total. The third-order valence-electron chi connectivity index (χ3n) is 7.86. The molecule has 200 valence electrons. The second-order valence-corrected chi connectivity index (χ2v) is 10.7. The van der Waals surface area contributed by atoms with E-state index in [1.165, 1.54) is 4.90 Å². The van der Waals surface area contributed by atoms with Crippen LogP contribution in [-0.2, 0) is 14.4 Å². The van der Waals surface area contributed by atoms with E-state index in [1.54, 1.807) is 32.0 Å². The molecule has 1 aromatic carbocycles. The van der Waals surface area contributed by atoms with Gasteiger partial charge in [-0.15, -0.1) is 0 Å². The van der Waals surface area contributed by atoms with Gasteiger partial charge in [0.2, 0.25) is 17.7 Å². The van der Waals surface area contributed by atoms with E-state index in [0.717, 1.165) is 12.0 Å². The highest BCUT2D eigenvalue weighted by Gasteiger charge is 2.60. The van der Waals surface area contributed by atoms with Gasteiger partial charge in [0, 0.05) is 35.6 Å². The average molecular weight is 536 g/mol. The first kappa shape index (κ1) is 27.1. The zero-order valence-corrected chi connectivity index (χ0v) is 21.7. The number of benzene rings is 1. The molecule has 1 aliphatic carbocycles. The van der Waals surface area contributed by atoms with Gasteiger partial charge in [-0.05, 0) is 63.6 Å². The van der Waals surface area contributed by atoms with Gasteiger partial charge in [-0.1, -0.05) is 17.7 Å². The number of hydrogen-bond acceptors (Lipinski definition) is 5. The van der Waals surface area contributed by atoms with Crippen LogP contribution in [-0.4, -0.2) is 59.3 Å². The van der Waals surface area contributed by atoms with Gasteiger partial charge in [0.25, 0.3) is 5.92 Å². The second-order valence-electron chi connectivity index (χ2n) is 10.3. The van der Waals surface area contributed by atoms with Crippen molar-refractivity contribution in [1.29, 1.82) is 5.26 Å². The molecule has 3 heterocycles. The lowest BCUT2D eigenvalue weighted by molar-refractivity contribution is -0.194. The Kier molecular flexibility index (Phi) is 7.93. The molecule has 1 saturated carbocycles. The number of anilines is 1. The number of rotatable bonds is 7. The molecular weight excluding hydrogens is 504 g/mol. The second kappa shape index (κ2) is 10.8. The molecule has 3 saturated heterocycles. The highest BCUT2D eigenvalue weighted by molar-refractivity contribution is 6.31. The Bertz CT molecular complexity index is 1110. The highest BCUT2D eigenvalue weighted by Crippen LogP contribution is 2.49. The Balaban J connectivity index is 1.54. The van der Waals surface area contributed by atoms with Crippen LogP contribution in [0.4, 0.5) is 14.5 Å². The first-order chi connectivity index (χ1) is 17.5. The molecule has 6 atom stereocenters. The smallest absolute Gasteiger partial charge is 0.255 e. The minimum Gasteiger partial charge on any atom is -0.374 e. The molecule has 1 aromatic rings. The zero-order valence-electron chi connectivity index (χ0n) is 20.9. The minimum atomic E-state index is -3.10. The minimum absolute atomic E-state index is 0.0885. The van der Waals surface area contributed by atoms with Gasteiger partial charge in [-0.25, -0.2) is 8.78 Å². The number of nitriles is 1. The third kappa shape index (κ3) is 5.52. The number of carbonyl (C=O) groups is 3. The molecule has 4 aliphatic rings. The van der Waals surface area contributed by atoms with E-state index in [-0.39, 0.29) is 18.7 Å². The summed E-state index contributed by atoms with van der Waals surface area (Å²) in [6, 6.07) is 3.18. The van der Waals surface area contributed by atoms with E-state index in [4.69, 9.17) is 11.6 Å². The van der Waals surface area contributed by atoms with Crippen molar-refractivity contribution in [3.8, 4) is 6.07 Å². The number of halogens is 3. The molecule has 0 unspecified atom stereocenters. The Morgan fingerprint density at radius 1 is 1.32 bits per heavy atom. The van der Waals surface area contributed by atoms with Gasteiger partial charge in [-0.3, -0.25) is 14.4 Å². The lowest BCUT2D eigenvalue weighted by atomic mass is 9.71. The van der Waals surface area contributed by atoms with E-state index in [9.17, 15) is 28.4 Å². The number of piperidine rings is 3. The first-order valence-corrected chi connectivity index (χ1v) is 13.1. The summed E-state index contributed by atoms with van der Waals surface area (Å²) in [6.45, 7) is 3.99. The number of fused-ring (bicyclic) bond motifs is 3. The molecule has 0 aromatic heterocycles. The molecule has 4 fully saturated rings. The predicted octanol–water partition coefficient (Wildman–Crippen LogP) is 3.39. The lowest BCUT2D eigenvalue weighted by Crippen LogP contribution is -2.70. The maximum absolute atomic E-state index is 15.0. The number of amides is 3. The van der Waals surface area contributed by atoms with Crippen molar-refractivity contribution in [3.63, 3.8) is 0 Å². The van der Waals surface area contributed by atoms with Crippen molar-refractivity contribution >= 4 is 35.0 Å². The molecule has 2 bridgehead atoms. The first-order valence-electron chi connectivity index (χ1n) is 12.7. The monoisotopic (exact) mass is 535 g/mol. The fourth-order valence-electron chi connectivity index (χ4n) is 5.85. The van der Waals surface area contributed by atoms with Gasteiger partial charge >= 0.3 is 0 Å². The van der Waals surface area contributed by atoms with Crippen molar-refractivity contribution in [2.45, 2.75) is 82.5 Å². The van der Waals surface area contributed by atoms with Crippen molar-refractivity contribution < 1.29 is 23.2 Å². The van der Waals surface area contributed by atoms with Gasteiger partial charge in [-0.2, -0.15) is 5.26 Å². The van der Waals surface area contributed by atoms with E-state index < -0.39 is 60.2 Å². The Morgan fingerprint density at radius 3 is 2.76 bits per heavy atom. The van der Waals surface area contributed by atoms with E-state index >= 15 is 0 Å². The van der Waals surface area contributed by atoms with Gasteiger partial charge in [0.1, 0.15) is 18.1 Å². The summed E-state index contributed by atoms with van der Waals surface area (Å²) < 4.78 is 29.9. The van der Waals surface area contributed by atoms with Crippen LogP contribution in [0.15, 0.2) is 18.2 Å². The molecule has 3 amide bonds. The Labute approximate surface area is 220 Å². The maximum Gasteiger partial charge on any atom is 0.255 e. The Hall–Kier alpha value is -2.93. The summed E-state index contributed by atoms with van der Waals surface area (Å²) in [7, 11) is 0. The molecule has 0 spiro atoms. The Morgan fingerprint density at radius 2 is 2.08 bits per heavy atom. The van der Waals surface area contributed by atoms with Crippen molar-refractivity contribution in [2.24, 2.45) is 11.8 Å². The number of hydrogen-bond donors (Lipinski definition) is 3. The van der Waals surface area contributed by atoms with E-state index in [2.05, 4.69) is 16.0 Å². The third-order valence-corrected chi connectivity index (χ3v) is 8.27. The van der Waals surface area contributed by atoms with Crippen molar-refractivity contribution in [3.05, 3.63) is 28.8 Å². The molecular formula is C26H32ClF2N5O3. The SMILES string of the molecule is Cc1c(Cl)cccc1N[C@@H](C)C(=O)N1[C@H]2CC[C@@H]([C@@H]1C(=O)N[C@H](C#N)C[C@H]1CCCNC1=O)C(F)(F)C2. The molecule has 3 aliphatic heterocycles. The van der Waals surface area contributed by atoms with Crippen LogP contribution in [0.1, 0.15) is 51.0 Å².